The lowest BCUT2D eigenvalue weighted by Gasteiger charge is -2.18. The molecule has 0 aliphatic heterocycles. The molecule has 0 aliphatic carbocycles. The average molecular weight is 219 g/mol. The van der Waals surface area contributed by atoms with Crippen LogP contribution in [0.1, 0.15) is 33.6 Å². The topological polar surface area (TPSA) is 21.3 Å². The van der Waals surface area contributed by atoms with Gasteiger partial charge >= 0.3 is 0 Å². The lowest BCUT2D eigenvalue weighted by Crippen LogP contribution is -2.32. The van der Waals surface area contributed by atoms with Crippen molar-refractivity contribution >= 4 is 11.8 Å². The van der Waals surface area contributed by atoms with Crippen LogP contribution in [0.25, 0.3) is 0 Å². The summed E-state index contributed by atoms with van der Waals surface area (Å²) >= 11 is 1.98. The second-order valence-electron chi connectivity index (χ2n) is 3.60. The first-order chi connectivity index (χ1) is 6.74. The van der Waals surface area contributed by atoms with Crippen molar-refractivity contribution in [3.63, 3.8) is 0 Å². The van der Waals surface area contributed by atoms with Gasteiger partial charge in [-0.1, -0.05) is 20.8 Å². The monoisotopic (exact) mass is 219 g/mol. The molecule has 0 saturated carbocycles. The number of hydrogen-bond donors (Lipinski definition) is 1. The van der Waals surface area contributed by atoms with Gasteiger partial charge in [0, 0.05) is 30.7 Å². The summed E-state index contributed by atoms with van der Waals surface area (Å²) < 4.78 is 5.02. The number of hydrogen-bond acceptors (Lipinski definition) is 3. The molecule has 2 nitrogen and oxygen atoms in total. The standard InChI is InChI=1S/C11H25NOS/c1-5-11(6-2)12-9-10(3)14-8-7-13-4/h10-12H,5-9H2,1-4H3. The predicted octanol–water partition coefficient (Wildman–Crippen LogP) is 2.53. The zero-order valence-electron chi connectivity index (χ0n) is 10.0. The van der Waals surface area contributed by atoms with Crippen molar-refractivity contribution < 1.29 is 4.74 Å². The number of nitrogens with one attached hydrogen (secondary N) is 1. The molecular formula is C11H25NOS. The molecule has 0 amide bonds. The van der Waals surface area contributed by atoms with E-state index in [0.717, 1.165) is 18.9 Å². The van der Waals surface area contributed by atoms with Gasteiger partial charge in [-0.05, 0) is 12.8 Å². The summed E-state index contributed by atoms with van der Waals surface area (Å²) in [6, 6.07) is 0.695. The number of methoxy groups -OCH3 is 1. The van der Waals surface area contributed by atoms with Gasteiger partial charge in [0.05, 0.1) is 6.61 Å². The van der Waals surface area contributed by atoms with E-state index in [9.17, 15) is 0 Å². The molecule has 1 atom stereocenters. The van der Waals surface area contributed by atoms with E-state index >= 15 is 0 Å². The fourth-order valence-corrected chi connectivity index (χ4v) is 2.18. The van der Waals surface area contributed by atoms with Gasteiger partial charge in [-0.15, -0.1) is 0 Å². The quantitative estimate of drug-likeness (QED) is 0.602. The normalized spacial score (nSPS) is 13.5. The third kappa shape index (κ3) is 7.65. The Hall–Kier alpha value is 0.270. The Balaban J connectivity index is 3.37. The van der Waals surface area contributed by atoms with Crippen LogP contribution in [0, 0.1) is 0 Å². The second-order valence-corrected chi connectivity index (χ2v) is 5.14. The van der Waals surface area contributed by atoms with Gasteiger partial charge in [0.15, 0.2) is 0 Å². The van der Waals surface area contributed by atoms with E-state index < -0.39 is 0 Å². The van der Waals surface area contributed by atoms with Gasteiger partial charge in [-0.3, -0.25) is 0 Å². The highest BCUT2D eigenvalue weighted by atomic mass is 32.2. The zero-order chi connectivity index (χ0) is 10.8. The Kier molecular flexibility index (Phi) is 10.0. The minimum absolute atomic E-state index is 0.686. The van der Waals surface area contributed by atoms with E-state index in [1.165, 1.54) is 12.8 Å². The number of rotatable bonds is 9. The van der Waals surface area contributed by atoms with Gasteiger partial charge < -0.3 is 10.1 Å². The Bertz CT molecular complexity index is 118. The van der Waals surface area contributed by atoms with Crippen LogP contribution < -0.4 is 5.32 Å². The van der Waals surface area contributed by atoms with E-state index in [4.69, 9.17) is 4.74 Å². The fourth-order valence-electron chi connectivity index (χ4n) is 1.30. The van der Waals surface area contributed by atoms with Crippen molar-refractivity contribution in [2.24, 2.45) is 0 Å². The summed E-state index contributed by atoms with van der Waals surface area (Å²) in [7, 11) is 1.76. The Morgan fingerprint density at radius 3 is 2.43 bits per heavy atom. The van der Waals surface area contributed by atoms with E-state index in [-0.39, 0.29) is 0 Å². The Morgan fingerprint density at radius 1 is 1.29 bits per heavy atom. The van der Waals surface area contributed by atoms with Crippen LogP contribution in [-0.4, -0.2) is 37.3 Å². The summed E-state index contributed by atoms with van der Waals surface area (Å²) in [6.07, 6.45) is 2.46. The van der Waals surface area contributed by atoms with Gasteiger partial charge in [-0.2, -0.15) is 11.8 Å². The summed E-state index contributed by atoms with van der Waals surface area (Å²) in [5.74, 6) is 1.10. The molecule has 0 bridgehead atoms. The molecule has 0 rings (SSSR count). The molecule has 0 aromatic rings. The molecule has 0 fully saturated rings. The van der Waals surface area contributed by atoms with Crippen molar-refractivity contribution in [2.75, 3.05) is 26.0 Å². The highest BCUT2D eigenvalue weighted by Gasteiger charge is 2.06. The van der Waals surface area contributed by atoms with Crippen molar-refractivity contribution in [1.82, 2.24) is 5.32 Å². The molecule has 0 radical (unpaired) electrons. The molecule has 86 valence electrons. The molecule has 0 heterocycles. The lowest BCUT2D eigenvalue weighted by molar-refractivity contribution is 0.218. The molecule has 0 aromatic carbocycles. The fraction of sp³-hybridized carbons (Fsp3) is 1.00. The molecule has 3 heteroatoms. The van der Waals surface area contributed by atoms with E-state index in [2.05, 4.69) is 26.1 Å². The van der Waals surface area contributed by atoms with Gasteiger partial charge in [0.2, 0.25) is 0 Å². The summed E-state index contributed by atoms with van der Waals surface area (Å²) in [4.78, 5) is 0. The first kappa shape index (κ1) is 14.3. The second kappa shape index (κ2) is 9.81. The number of ether oxygens (including phenoxy) is 1. The summed E-state index contributed by atoms with van der Waals surface area (Å²) in [6.45, 7) is 8.73. The van der Waals surface area contributed by atoms with Gasteiger partial charge in [0.1, 0.15) is 0 Å². The third-order valence-electron chi connectivity index (χ3n) is 2.37. The van der Waals surface area contributed by atoms with Crippen molar-refractivity contribution in [3.8, 4) is 0 Å². The first-order valence-electron chi connectivity index (χ1n) is 5.58. The van der Waals surface area contributed by atoms with E-state index in [1.807, 2.05) is 11.8 Å². The molecule has 0 aromatic heterocycles. The predicted molar refractivity (Wildman–Crippen MR) is 66.2 cm³/mol. The van der Waals surface area contributed by atoms with E-state index in [1.54, 1.807) is 7.11 Å². The van der Waals surface area contributed by atoms with E-state index in [0.29, 0.717) is 11.3 Å². The maximum Gasteiger partial charge on any atom is 0.0553 e. The number of thioether (sulfide) groups is 1. The van der Waals surface area contributed by atoms with Crippen molar-refractivity contribution in [2.45, 2.75) is 44.9 Å². The molecule has 1 unspecified atom stereocenters. The summed E-state index contributed by atoms with van der Waals surface area (Å²) in [5, 5.41) is 4.27. The van der Waals surface area contributed by atoms with Gasteiger partial charge in [-0.25, -0.2) is 0 Å². The van der Waals surface area contributed by atoms with Crippen LogP contribution >= 0.6 is 11.8 Å². The van der Waals surface area contributed by atoms with Gasteiger partial charge in [0.25, 0.3) is 0 Å². The highest BCUT2D eigenvalue weighted by molar-refractivity contribution is 7.99. The molecule has 0 saturated heterocycles. The molecule has 1 N–H and O–H groups in total. The van der Waals surface area contributed by atoms with Crippen LogP contribution in [0.5, 0.6) is 0 Å². The first-order valence-corrected chi connectivity index (χ1v) is 6.63. The maximum atomic E-state index is 5.02. The van der Waals surface area contributed by atoms with Crippen LogP contribution in [0.15, 0.2) is 0 Å². The summed E-state index contributed by atoms with van der Waals surface area (Å²) in [5.41, 5.74) is 0. The molecule has 14 heavy (non-hydrogen) atoms. The van der Waals surface area contributed by atoms with Crippen molar-refractivity contribution in [1.29, 1.82) is 0 Å². The van der Waals surface area contributed by atoms with Crippen LogP contribution in [0.3, 0.4) is 0 Å². The molecular weight excluding hydrogens is 194 g/mol. The van der Waals surface area contributed by atoms with Crippen LogP contribution in [-0.2, 0) is 4.74 Å². The molecule has 0 aliphatic rings. The molecule has 0 spiro atoms. The largest absolute Gasteiger partial charge is 0.384 e. The smallest absolute Gasteiger partial charge is 0.0553 e. The maximum absolute atomic E-state index is 5.02. The lowest BCUT2D eigenvalue weighted by atomic mass is 10.2. The average Bonchev–Trinajstić information content (AvgIpc) is 2.20. The van der Waals surface area contributed by atoms with Crippen LogP contribution in [0.4, 0.5) is 0 Å². The van der Waals surface area contributed by atoms with Crippen LogP contribution in [0.2, 0.25) is 0 Å². The van der Waals surface area contributed by atoms with Crippen molar-refractivity contribution in [3.05, 3.63) is 0 Å². The highest BCUT2D eigenvalue weighted by Crippen LogP contribution is 2.09. The third-order valence-corrected chi connectivity index (χ3v) is 3.51. The zero-order valence-corrected chi connectivity index (χ0v) is 10.8. The minimum atomic E-state index is 0.686. The minimum Gasteiger partial charge on any atom is -0.384 e. The Labute approximate surface area is 93.2 Å². The Morgan fingerprint density at radius 2 is 1.93 bits per heavy atom. The SMILES string of the molecule is CCC(CC)NCC(C)SCCOC.